The van der Waals surface area contributed by atoms with Gasteiger partial charge in [-0.2, -0.15) is 0 Å². The molecule has 0 N–H and O–H groups in total. The average molecular weight is 367 g/mol. The van der Waals surface area contributed by atoms with Gasteiger partial charge in [-0.3, -0.25) is 0 Å². The fraction of sp³-hybridized carbons (Fsp3) is 0.667. The highest BCUT2D eigenvalue weighted by atomic mass is 28.2. The van der Waals surface area contributed by atoms with Crippen molar-refractivity contribution in [2.24, 2.45) is 0 Å². The Kier molecular flexibility index (Phi) is 12.3. The lowest BCUT2D eigenvalue weighted by Gasteiger charge is -2.12. The van der Waals surface area contributed by atoms with E-state index in [1.165, 1.54) is 22.5 Å². The fourth-order valence-corrected chi connectivity index (χ4v) is 4.52. The monoisotopic (exact) mass is 366 g/mol. The summed E-state index contributed by atoms with van der Waals surface area (Å²) in [6, 6.07) is 11.5. The second-order valence-electron chi connectivity index (χ2n) is 5.52. The minimum absolute atomic E-state index is 0.0609. The highest BCUT2D eigenvalue weighted by Gasteiger charge is 2.06. The molecule has 1 aromatic carbocycles. The molecule has 134 valence electrons. The van der Waals surface area contributed by atoms with Gasteiger partial charge in [-0.1, -0.05) is 59.6 Å². The molecule has 4 radical (unpaired) electrons. The summed E-state index contributed by atoms with van der Waals surface area (Å²) in [4.78, 5) is 0. The van der Waals surface area contributed by atoms with Gasteiger partial charge < -0.3 is 18.9 Å². The Morgan fingerprint density at radius 2 is 1.00 bits per heavy atom. The Hall–Kier alpha value is -0.506. The average Bonchev–Trinajstić information content (AvgIpc) is 2.63. The molecule has 1 rings (SSSR count). The van der Waals surface area contributed by atoms with Gasteiger partial charge in [0.15, 0.2) is 12.6 Å². The van der Waals surface area contributed by atoms with Crippen molar-refractivity contribution in [2.45, 2.75) is 50.4 Å². The molecule has 6 heteroatoms. The molecule has 0 fully saturated rings. The molecule has 0 saturated carbocycles. The summed E-state index contributed by atoms with van der Waals surface area (Å²) in [5.41, 5.74) is 0. The van der Waals surface area contributed by atoms with Crippen molar-refractivity contribution in [1.82, 2.24) is 0 Å². The molecule has 4 nitrogen and oxygen atoms in total. The van der Waals surface area contributed by atoms with Gasteiger partial charge in [-0.25, -0.2) is 0 Å². The van der Waals surface area contributed by atoms with Crippen LogP contribution in [-0.4, -0.2) is 60.1 Å². The second-order valence-corrected chi connectivity index (χ2v) is 8.38. The lowest BCUT2D eigenvalue weighted by Crippen LogP contribution is -2.21. The van der Waals surface area contributed by atoms with E-state index in [0.717, 1.165) is 44.7 Å². The largest absolute Gasteiger partial charge is 0.356 e. The number of methoxy groups -OCH3 is 4. The van der Waals surface area contributed by atoms with Crippen LogP contribution in [0.2, 0.25) is 12.1 Å². The minimum atomic E-state index is -0.0609. The van der Waals surface area contributed by atoms with Gasteiger partial charge in [-0.05, 0) is 12.8 Å². The maximum Gasteiger partial charge on any atom is 0.156 e. The van der Waals surface area contributed by atoms with Crippen molar-refractivity contribution < 1.29 is 18.9 Å². The third-order valence-corrected chi connectivity index (χ3v) is 6.52. The highest BCUT2D eigenvalue weighted by molar-refractivity contribution is 6.55. The number of benzene rings is 1. The molecule has 0 aliphatic rings. The summed E-state index contributed by atoms with van der Waals surface area (Å²) in [6.07, 6.45) is 4.07. The van der Waals surface area contributed by atoms with Gasteiger partial charge in [0, 0.05) is 28.4 Å². The van der Waals surface area contributed by atoms with Crippen LogP contribution in [0.3, 0.4) is 0 Å². The normalized spacial score (nSPS) is 11.6. The van der Waals surface area contributed by atoms with Crippen LogP contribution < -0.4 is 10.4 Å². The first-order chi connectivity index (χ1) is 11.7. The van der Waals surface area contributed by atoms with Crippen molar-refractivity contribution in [1.29, 1.82) is 0 Å². The first-order valence-electron chi connectivity index (χ1n) is 8.42. The Bertz CT molecular complexity index is 367. The molecule has 24 heavy (non-hydrogen) atoms. The molecule has 0 atom stereocenters. The zero-order valence-corrected chi connectivity index (χ0v) is 17.3. The fourth-order valence-electron chi connectivity index (χ4n) is 2.37. The molecule has 0 bridgehead atoms. The summed E-state index contributed by atoms with van der Waals surface area (Å²) in [6.45, 7) is 0. The van der Waals surface area contributed by atoms with E-state index >= 15 is 0 Å². The van der Waals surface area contributed by atoms with Gasteiger partial charge in [0.2, 0.25) is 0 Å². The third-order valence-electron chi connectivity index (χ3n) is 3.83. The van der Waals surface area contributed by atoms with Crippen LogP contribution in [0.4, 0.5) is 0 Å². The van der Waals surface area contributed by atoms with E-state index in [-0.39, 0.29) is 12.6 Å². The standard InChI is InChI=1S/C18H30O4Si2/c1-19-17(20-2)7-5-13-23-15-9-11-16(12-10-15)24-14-6-8-18(21-3)22-4/h9-12,17-18H,5-8,13-14H2,1-4H3. The topological polar surface area (TPSA) is 36.9 Å². The first kappa shape index (κ1) is 21.5. The maximum absolute atomic E-state index is 5.21. The molecule has 0 spiro atoms. The van der Waals surface area contributed by atoms with Crippen LogP contribution in [0.1, 0.15) is 25.7 Å². The molecule has 1 aromatic rings. The molecule has 0 saturated heterocycles. The summed E-state index contributed by atoms with van der Waals surface area (Å²) in [5, 5.41) is 2.88. The van der Waals surface area contributed by atoms with Gasteiger partial charge in [0.1, 0.15) is 0 Å². The SMILES string of the molecule is COC(CCC[Si]c1ccc([Si]CCCC(OC)OC)cc1)OC. The molecule has 0 aliphatic heterocycles. The van der Waals surface area contributed by atoms with Crippen LogP contribution in [0, 0.1) is 0 Å². The molecule has 0 amide bonds. The zero-order chi connectivity index (χ0) is 17.6. The highest BCUT2D eigenvalue weighted by Crippen LogP contribution is 2.05. The van der Waals surface area contributed by atoms with E-state index in [1.54, 1.807) is 28.4 Å². The predicted molar refractivity (Wildman–Crippen MR) is 101 cm³/mol. The van der Waals surface area contributed by atoms with Crippen LogP contribution >= 0.6 is 0 Å². The van der Waals surface area contributed by atoms with Crippen LogP contribution in [0.15, 0.2) is 24.3 Å². The predicted octanol–water partition coefficient (Wildman–Crippen LogP) is 1.98. The molecule has 0 unspecified atom stereocenters. The van der Waals surface area contributed by atoms with Crippen molar-refractivity contribution >= 4 is 29.4 Å². The molecule has 0 aromatic heterocycles. The molecular formula is C18H30O4Si2. The Balaban J connectivity index is 2.18. The summed E-state index contributed by atoms with van der Waals surface area (Å²) >= 11 is 0. The van der Waals surface area contributed by atoms with Crippen molar-refractivity contribution in [3.8, 4) is 0 Å². The zero-order valence-electron chi connectivity index (χ0n) is 15.3. The summed E-state index contributed by atoms with van der Waals surface area (Å²) in [5.74, 6) is 0. The van der Waals surface area contributed by atoms with E-state index in [1.807, 2.05) is 0 Å². The van der Waals surface area contributed by atoms with Gasteiger partial charge in [0.05, 0.1) is 19.0 Å². The van der Waals surface area contributed by atoms with E-state index in [9.17, 15) is 0 Å². The number of hydrogen-bond acceptors (Lipinski definition) is 4. The van der Waals surface area contributed by atoms with Crippen molar-refractivity contribution in [3.05, 3.63) is 24.3 Å². The third kappa shape index (κ3) is 9.10. The molecule has 0 heterocycles. The van der Waals surface area contributed by atoms with Crippen molar-refractivity contribution in [2.75, 3.05) is 28.4 Å². The van der Waals surface area contributed by atoms with E-state index in [0.29, 0.717) is 0 Å². The van der Waals surface area contributed by atoms with Crippen LogP contribution in [0.25, 0.3) is 0 Å². The Labute approximate surface area is 151 Å². The molecular weight excluding hydrogens is 336 g/mol. The van der Waals surface area contributed by atoms with Gasteiger partial charge in [0.25, 0.3) is 0 Å². The Morgan fingerprint density at radius 1 is 0.667 bits per heavy atom. The first-order valence-corrected chi connectivity index (χ1v) is 10.8. The van der Waals surface area contributed by atoms with E-state index in [4.69, 9.17) is 18.9 Å². The minimum Gasteiger partial charge on any atom is -0.356 e. The number of rotatable bonds is 14. The Morgan fingerprint density at radius 3 is 1.29 bits per heavy atom. The van der Waals surface area contributed by atoms with Gasteiger partial charge in [-0.15, -0.1) is 0 Å². The molecule has 0 aliphatic carbocycles. The smallest absolute Gasteiger partial charge is 0.156 e. The number of hydrogen-bond donors (Lipinski definition) is 0. The quantitative estimate of drug-likeness (QED) is 0.287. The van der Waals surface area contributed by atoms with E-state index in [2.05, 4.69) is 24.3 Å². The van der Waals surface area contributed by atoms with Crippen LogP contribution in [-0.2, 0) is 18.9 Å². The van der Waals surface area contributed by atoms with E-state index < -0.39 is 0 Å². The van der Waals surface area contributed by atoms with Gasteiger partial charge >= 0.3 is 0 Å². The maximum atomic E-state index is 5.21. The van der Waals surface area contributed by atoms with Crippen LogP contribution in [0.5, 0.6) is 0 Å². The number of ether oxygens (including phenoxy) is 4. The summed E-state index contributed by atoms with van der Waals surface area (Å²) in [7, 11) is 8.50. The lowest BCUT2D eigenvalue weighted by atomic mass is 10.3. The van der Waals surface area contributed by atoms with Crippen molar-refractivity contribution in [3.63, 3.8) is 0 Å². The lowest BCUT2D eigenvalue weighted by molar-refractivity contribution is -0.106. The summed E-state index contributed by atoms with van der Waals surface area (Å²) < 4.78 is 20.8. The second kappa shape index (κ2) is 13.7.